The van der Waals surface area contributed by atoms with E-state index in [1.807, 2.05) is 43.6 Å². The largest absolute Gasteiger partial charge is 0.389 e. The van der Waals surface area contributed by atoms with Crippen LogP contribution in [0.3, 0.4) is 0 Å². The van der Waals surface area contributed by atoms with Gasteiger partial charge in [-0.05, 0) is 12.1 Å². The Labute approximate surface area is 121 Å². The molecule has 20 heavy (non-hydrogen) atoms. The van der Waals surface area contributed by atoms with Gasteiger partial charge in [0, 0.05) is 24.2 Å². The van der Waals surface area contributed by atoms with Gasteiger partial charge in [-0.3, -0.25) is 4.68 Å². The van der Waals surface area contributed by atoms with Crippen LogP contribution in [0.25, 0.3) is 10.9 Å². The van der Waals surface area contributed by atoms with Gasteiger partial charge in [0.15, 0.2) is 0 Å². The van der Waals surface area contributed by atoms with Crippen molar-refractivity contribution >= 4 is 39.6 Å². The summed E-state index contributed by atoms with van der Waals surface area (Å²) in [5.41, 5.74) is 8.34. The normalized spacial score (nSPS) is 10.7. The van der Waals surface area contributed by atoms with Gasteiger partial charge in [-0.25, -0.2) is 4.98 Å². The van der Waals surface area contributed by atoms with Crippen LogP contribution in [-0.2, 0) is 7.05 Å². The Morgan fingerprint density at radius 3 is 2.85 bits per heavy atom. The number of nitrogens with two attached hydrogens (primary N) is 1. The number of hydrogen-bond donors (Lipinski definition) is 2. The minimum Gasteiger partial charge on any atom is -0.389 e. The first-order valence-electron chi connectivity index (χ1n) is 6.09. The van der Waals surface area contributed by atoms with E-state index in [4.69, 9.17) is 18.0 Å². The van der Waals surface area contributed by atoms with Gasteiger partial charge in [0.25, 0.3) is 0 Å². The highest BCUT2D eigenvalue weighted by atomic mass is 32.1. The summed E-state index contributed by atoms with van der Waals surface area (Å²) in [6, 6.07) is 9.64. The average molecular weight is 283 g/mol. The lowest BCUT2D eigenvalue weighted by Crippen LogP contribution is -2.11. The highest BCUT2D eigenvalue weighted by molar-refractivity contribution is 7.80. The first-order chi connectivity index (χ1) is 9.63. The van der Waals surface area contributed by atoms with E-state index in [9.17, 15) is 0 Å². The van der Waals surface area contributed by atoms with Gasteiger partial charge in [0.05, 0.1) is 17.4 Å². The number of aryl methyl sites for hydroxylation is 1. The third-order valence-corrected chi connectivity index (χ3v) is 3.18. The SMILES string of the molecule is Cn1cc(Nc2cc(C(N)=S)c3ccccc3n2)cn1. The van der Waals surface area contributed by atoms with E-state index in [0.717, 1.165) is 22.2 Å². The summed E-state index contributed by atoms with van der Waals surface area (Å²) in [6.45, 7) is 0. The molecule has 3 aromatic rings. The van der Waals surface area contributed by atoms with Crippen LogP contribution in [-0.4, -0.2) is 19.8 Å². The Kier molecular flexibility index (Phi) is 3.08. The molecular formula is C14H13N5S. The summed E-state index contributed by atoms with van der Waals surface area (Å²) in [6.07, 6.45) is 3.61. The average Bonchev–Trinajstić information content (AvgIpc) is 2.83. The highest BCUT2D eigenvalue weighted by Gasteiger charge is 2.08. The topological polar surface area (TPSA) is 68.8 Å². The molecule has 0 aliphatic carbocycles. The molecule has 0 spiro atoms. The Bertz CT molecular complexity index is 793. The number of pyridine rings is 1. The molecule has 0 fully saturated rings. The molecule has 2 aromatic heterocycles. The Hall–Kier alpha value is -2.47. The van der Waals surface area contributed by atoms with Gasteiger partial charge in [0.2, 0.25) is 0 Å². The van der Waals surface area contributed by atoms with Crippen LogP contribution in [0.1, 0.15) is 5.56 Å². The fourth-order valence-corrected chi connectivity index (χ4v) is 2.25. The standard InChI is InChI=1S/C14H13N5S/c1-19-8-9(7-16-19)17-13-6-11(14(15)20)10-4-2-3-5-12(10)18-13/h2-8H,1H3,(H2,15,20)(H,17,18). The first kappa shape index (κ1) is 12.6. The molecule has 0 unspecified atom stereocenters. The zero-order valence-corrected chi connectivity index (χ0v) is 11.7. The van der Waals surface area contributed by atoms with Crippen LogP contribution in [0.4, 0.5) is 11.5 Å². The number of anilines is 2. The van der Waals surface area contributed by atoms with Crippen molar-refractivity contribution in [3.8, 4) is 0 Å². The quantitative estimate of drug-likeness (QED) is 0.722. The van der Waals surface area contributed by atoms with Gasteiger partial charge in [-0.2, -0.15) is 5.10 Å². The number of thiocarbonyl (C=S) groups is 1. The molecule has 5 nitrogen and oxygen atoms in total. The van der Waals surface area contributed by atoms with Crippen molar-refractivity contribution < 1.29 is 0 Å². The Morgan fingerprint density at radius 2 is 2.15 bits per heavy atom. The number of hydrogen-bond acceptors (Lipinski definition) is 4. The maximum absolute atomic E-state index is 5.81. The van der Waals surface area contributed by atoms with Crippen LogP contribution in [0, 0.1) is 0 Å². The maximum Gasteiger partial charge on any atom is 0.131 e. The third-order valence-electron chi connectivity index (χ3n) is 2.96. The predicted molar refractivity (Wildman–Crippen MR) is 84.1 cm³/mol. The summed E-state index contributed by atoms with van der Waals surface area (Å²) in [7, 11) is 1.86. The summed E-state index contributed by atoms with van der Waals surface area (Å²) >= 11 is 5.12. The highest BCUT2D eigenvalue weighted by Crippen LogP contribution is 2.22. The van der Waals surface area contributed by atoms with Crippen molar-refractivity contribution in [3.05, 3.63) is 48.3 Å². The molecule has 3 rings (SSSR count). The van der Waals surface area contributed by atoms with Crippen molar-refractivity contribution in [2.45, 2.75) is 0 Å². The van der Waals surface area contributed by atoms with E-state index >= 15 is 0 Å². The minimum absolute atomic E-state index is 0.359. The molecule has 6 heteroatoms. The fourth-order valence-electron chi connectivity index (χ4n) is 2.08. The van der Waals surface area contributed by atoms with E-state index in [0.29, 0.717) is 10.8 Å². The zero-order valence-electron chi connectivity index (χ0n) is 10.9. The number of nitrogens with one attached hydrogen (secondary N) is 1. The van der Waals surface area contributed by atoms with Crippen molar-refractivity contribution in [3.63, 3.8) is 0 Å². The second kappa shape index (κ2) is 4.90. The Morgan fingerprint density at radius 1 is 1.35 bits per heavy atom. The van der Waals surface area contributed by atoms with Crippen molar-refractivity contribution in [2.24, 2.45) is 12.8 Å². The van der Waals surface area contributed by atoms with Crippen LogP contribution >= 0.6 is 12.2 Å². The van der Waals surface area contributed by atoms with Crippen molar-refractivity contribution in [1.29, 1.82) is 0 Å². The lowest BCUT2D eigenvalue weighted by Gasteiger charge is -2.09. The second-order valence-corrected chi connectivity index (χ2v) is 4.90. The monoisotopic (exact) mass is 283 g/mol. The lowest BCUT2D eigenvalue weighted by atomic mass is 10.1. The molecule has 3 N–H and O–H groups in total. The lowest BCUT2D eigenvalue weighted by molar-refractivity contribution is 0.768. The number of rotatable bonds is 3. The number of aromatic nitrogens is 3. The van der Waals surface area contributed by atoms with Gasteiger partial charge in [0.1, 0.15) is 10.8 Å². The molecule has 0 amide bonds. The first-order valence-corrected chi connectivity index (χ1v) is 6.49. The van der Waals surface area contributed by atoms with E-state index in [1.165, 1.54) is 0 Å². The van der Waals surface area contributed by atoms with Gasteiger partial charge >= 0.3 is 0 Å². The molecule has 100 valence electrons. The zero-order chi connectivity index (χ0) is 14.1. The van der Waals surface area contributed by atoms with Crippen LogP contribution in [0.15, 0.2) is 42.7 Å². The van der Waals surface area contributed by atoms with Crippen LogP contribution in [0.2, 0.25) is 0 Å². The molecule has 0 atom stereocenters. The van der Waals surface area contributed by atoms with E-state index in [1.54, 1.807) is 10.9 Å². The molecule has 0 aliphatic rings. The molecule has 0 bridgehead atoms. The van der Waals surface area contributed by atoms with Gasteiger partial charge < -0.3 is 11.1 Å². The number of fused-ring (bicyclic) bond motifs is 1. The number of benzene rings is 1. The molecule has 0 saturated carbocycles. The number of nitrogens with zero attached hydrogens (tertiary/aromatic N) is 3. The van der Waals surface area contributed by atoms with Gasteiger partial charge in [-0.15, -0.1) is 0 Å². The predicted octanol–water partition coefficient (Wildman–Crippen LogP) is 2.35. The molecule has 0 saturated heterocycles. The third kappa shape index (κ3) is 2.33. The van der Waals surface area contributed by atoms with Crippen LogP contribution < -0.4 is 11.1 Å². The van der Waals surface area contributed by atoms with Crippen LogP contribution in [0.5, 0.6) is 0 Å². The van der Waals surface area contributed by atoms with E-state index in [-0.39, 0.29) is 0 Å². The molecule has 0 radical (unpaired) electrons. The molecule has 2 heterocycles. The summed E-state index contributed by atoms with van der Waals surface area (Å²) in [4.78, 5) is 4.92. The summed E-state index contributed by atoms with van der Waals surface area (Å²) in [5, 5.41) is 8.27. The van der Waals surface area contributed by atoms with Gasteiger partial charge in [-0.1, -0.05) is 30.4 Å². The van der Waals surface area contributed by atoms with Crippen molar-refractivity contribution in [2.75, 3.05) is 5.32 Å². The summed E-state index contributed by atoms with van der Waals surface area (Å²) < 4.78 is 1.72. The van der Waals surface area contributed by atoms with E-state index < -0.39 is 0 Å². The Balaban J connectivity index is 2.10. The number of para-hydroxylation sites is 1. The second-order valence-electron chi connectivity index (χ2n) is 4.46. The molecule has 0 aliphatic heterocycles. The maximum atomic E-state index is 5.81. The van der Waals surface area contributed by atoms with E-state index in [2.05, 4.69) is 15.4 Å². The minimum atomic E-state index is 0.359. The molecular weight excluding hydrogens is 270 g/mol. The summed E-state index contributed by atoms with van der Waals surface area (Å²) in [5.74, 6) is 0.694. The fraction of sp³-hybridized carbons (Fsp3) is 0.0714. The van der Waals surface area contributed by atoms with Crippen molar-refractivity contribution in [1.82, 2.24) is 14.8 Å². The smallest absolute Gasteiger partial charge is 0.131 e. The molecule has 1 aromatic carbocycles.